The zero-order chi connectivity index (χ0) is 28.2. The molecule has 3 saturated heterocycles. The van der Waals surface area contributed by atoms with E-state index in [1.165, 1.54) is 37.8 Å². The Bertz CT molecular complexity index is 1440. The number of hydrogen-bond acceptors (Lipinski definition) is 8. The lowest BCUT2D eigenvalue weighted by molar-refractivity contribution is -0.0786. The van der Waals surface area contributed by atoms with Gasteiger partial charge >= 0.3 is 0 Å². The first-order valence-corrected chi connectivity index (χ1v) is 15.8. The van der Waals surface area contributed by atoms with Crippen LogP contribution in [0.1, 0.15) is 49.8 Å². The van der Waals surface area contributed by atoms with E-state index in [1.807, 2.05) is 46.2 Å². The minimum absolute atomic E-state index is 0.0862. The molecule has 10 nitrogen and oxygen atoms in total. The van der Waals surface area contributed by atoms with Gasteiger partial charge in [0.2, 0.25) is 10.0 Å². The molecular formula is C28H42N8O2S. The van der Waals surface area contributed by atoms with Crippen LogP contribution >= 0.6 is 0 Å². The summed E-state index contributed by atoms with van der Waals surface area (Å²) in [6, 6.07) is 2.67. The van der Waals surface area contributed by atoms with E-state index in [4.69, 9.17) is 0 Å². The van der Waals surface area contributed by atoms with Gasteiger partial charge in [0.15, 0.2) is 5.82 Å². The number of nitrogens with zero attached hydrogens (tertiary/aromatic N) is 8. The summed E-state index contributed by atoms with van der Waals surface area (Å²) in [5.74, 6) is 1.61. The molecule has 1 saturated carbocycles. The van der Waals surface area contributed by atoms with Crippen LogP contribution in [0.4, 0.5) is 5.82 Å². The van der Waals surface area contributed by atoms with Gasteiger partial charge in [-0.2, -0.15) is 5.10 Å². The Kier molecular flexibility index (Phi) is 7.22. The van der Waals surface area contributed by atoms with Gasteiger partial charge in [-0.3, -0.25) is 4.68 Å². The van der Waals surface area contributed by atoms with Crippen molar-refractivity contribution in [3.8, 4) is 0 Å². The normalized spacial score (nSPS) is 21.7. The van der Waals surface area contributed by atoms with Gasteiger partial charge in [-0.1, -0.05) is 13.8 Å². The van der Waals surface area contributed by atoms with Crippen molar-refractivity contribution >= 4 is 26.7 Å². The summed E-state index contributed by atoms with van der Waals surface area (Å²) < 4.78 is 26.8. The molecule has 6 heterocycles. The van der Waals surface area contributed by atoms with E-state index in [2.05, 4.69) is 54.7 Å². The molecule has 212 valence electrons. The second-order valence-corrected chi connectivity index (χ2v) is 14.0. The highest BCUT2D eigenvalue weighted by Gasteiger charge is 2.55. The molecule has 7 rings (SSSR count). The standard InChI is InChI=1S/C15H19N5O2S.C11H17N3.C2H6/c1-10-4-12-5-16-11(2)18-13(12)14(17-10)19-6-15(7-19)8-20(9-15)23(3,21)22;1-9-5-12-14(6-9)10-3-11(4-10)7-13(2)8-11;1-2/h4-5H,6-9H2,1-3H3;5-6,10H,3-4,7-8H2,1-2H3;1-2H3. The van der Waals surface area contributed by atoms with Crippen LogP contribution in [0.3, 0.4) is 0 Å². The van der Waals surface area contributed by atoms with E-state index in [0.717, 1.165) is 41.3 Å². The SMILES string of the molecule is CC.Cc1cc2cnc(C)nc2c(N2CC3(C2)CN(S(C)(=O)=O)C3)n1.Cc1cnn(C2CC3(C2)CN(C)C3)c1. The zero-order valence-electron chi connectivity index (χ0n) is 24.3. The quantitative estimate of drug-likeness (QED) is 0.487. The van der Waals surface area contributed by atoms with Gasteiger partial charge in [-0.15, -0.1) is 0 Å². The summed E-state index contributed by atoms with van der Waals surface area (Å²) in [7, 11) is -0.859. The van der Waals surface area contributed by atoms with E-state index in [-0.39, 0.29) is 5.41 Å². The van der Waals surface area contributed by atoms with Crippen LogP contribution in [0.2, 0.25) is 0 Å². The van der Waals surface area contributed by atoms with Gasteiger partial charge in [0.1, 0.15) is 11.3 Å². The van der Waals surface area contributed by atoms with Crippen LogP contribution in [0.15, 0.2) is 24.7 Å². The summed E-state index contributed by atoms with van der Waals surface area (Å²) >= 11 is 0. The maximum absolute atomic E-state index is 11.5. The minimum atomic E-state index is -3.06. The number of pyridine rings is 1. The van der Waals surface area contributed by atoms with E-state index >= 15 is 0 Å². The monoisotopic (exact) mass is 554 g/mol. The van der Waals surface area contributed by atoms with Gasteiger partial charge in [-0.25, -0.2) is 27.7 Å². The predicted molar refractivity (Wildman–Crippen MR) is 154 cm³/mol. The first kappa shape index (κ1) is 27.9. The van der Waals surface area contributed by atoms with Crippen LogP contribution in [0.5, 0.6) is 0 Å². The van der Waals surface area contributed by atoms with Crippen molar-refractivity contribution in [3.63, 3.8) is 0 Å². The largest absolute Gasteiger partial charge is 0.353 e. The molecule has 2 spiro atoms. The topological polar surface area (TPSA) is 100 Å². The molecule has 0 bridgehead atoms. The fraction of sp³-hybridized carbons (Fsp3) is 0.643. The molecule has 39 heavy (non-hydrogen) atoms. The maximum Gasteiger partial charge on any atom is 0.211 e. The molecule has 0 amide bonds. The second-order valence-electron chi connectivity index (χ2n) is 12.1. The molecule has 0 radical (unpaired) electrons. The van der Waals surface area contributed by atoms with Crippen LogP contribution in [-0.2, 0) is 10.0 Å². The van der Waals surface area contributed by atoms with Crippen LogP contribution in [0, 0.1) is 31.6 Å². The van der Waals surface area contributed by atoms with Crippen LogP contribution in [0.25, 0.3) is 10.9 Å². The van der Waals surface area contributed by atoms with Crippen molar-refractivity contribution < 1.29 is 8.42 Å². The molecule has 4 aliphatic rings. The zero-order valence-corrected chi connectivity index (χ0v) is 25.2. The lowest BCUT2D eigenvalue weighted by Crippen LogP contribution is -2.73. The van der Waals surface area contributed by atoms with Crippen molar-refractivity contribution in [2.75, 3.05) is 57.5 Å². The second kappa shape index (κ2) is 10.1. The molecule has 4 fully saturated rings. The Hall–Kier alpha value is -2.63. The number of sulfonamides is 1. The third kappa shape index (κ3) is 5.40. The van der Waals surface area contributed by atoms with Gasteiger partial charge in [0.05, 0.1) is 18.5 Å². The third-order valence-corrected chi connectivity index (χ3v) is 9.49. The fourth-order valence-electron chi connectivity index (χ4n) is 6.63. The van der Waals surface area contributed by atoms with Gasteiger partial charge < -0.3 is 9.80 Å². The van der Waals surface area contributed by atoms with Gasteiger partial charge in [-0.05, 0) is 57.7 Å². The van der Waals surface area contributed by atoms with Crippen molar-refractivity contribution in [3.05, 3.63) is 41.7 Å². The Morgan fingerprint density at radius 1 is 0.923 bits per heavy atom. The molecule has 3 aromatic rings. The maximum atomic E-state index is 11.5. The lowest BCUT2D eigenvalue weighted by atomic mass is 9.61. The molecule has 11 heteroatoms. The van der Waals surface area contributed by atoms with E-state index < -0.39 is 10.0 Å². The van der Waals surface area contributed by atoms with E-state index in [9.17, 15) is 8.42 Å². The summed E-state index contributed by atoms with van der Waals surface area (Å²) in [5, 5.41) is 5.37. The number of fused-ring (bicyclic) bond motifs is 1. The smallest absolute Gasteiger partial charge is 0.211 e. The molecule has 0 atom stereocenters. The molecule has 0 unspecified atom stereocenters. The van der Waals surface area contributed by atoms with Crippen LogP contribution < -0.4 is 4.90 Å². The number of aromatic nitrogens is 5. The lowest BCUT2D eigenvalue weighted by Gasteiger charge is -2.59. The summed E-state index contributed by atoms with van der Waals surface area (Å²) in [6.07, 6.45) is 9.89. The van der Waals surface area contributed by atoms with Gasteiger partial charge in [0, 0.05) is 68.2 Å². The number of likely N-dealkylation sites (tertiary alicyclic amines) is 1. The molecule has 1 aliphatic carbocycles. The van der Waals surface area contributed by atoms with Crippen LogP contribution in [-0.4, -0.2) is 94.9 Å². The summed E-state index contributed by atoms with van der Waals surface area (Å²) in [6.45, 7) is 15.4. The van der Waals surface area contributed by atoms with E-state index in [0.29, 0.717) is 24.5 Å². The first-order valence-electron chi connectivity index (χ1n) is 13.9. The minimum Gasteiger partial charge on any atom is -0.353 e. The number of rotatable bonds is 3. The molecule has 3 aromatic heterocycles. The molecular weight excluding hydrogens is 512 g/mol. The van der Waals surface area contributed by atoms with Crippen molar-refractivity contribution in [1.82, 2.24) is 33.9 Å². The first-order chi connectivity index (χ1) is 18.4. The Balaban J connectivity index is 0.000000164. The van der Waals surface area contributed by atoms with Gasteiger partial charge in [0.25, 0.3) is 0 Å². The average molecular weight is 555 g/mol. The molecule has 0 aromatic carbocycles. The predicted octanol–water partition coefficient (Wildman–Crippen LogP) is 3.21. The van der Waals surface area contributed by atoms with E-state index in [1.54, 1.807) is 4.31 Å². The summed E-state index contributed by atoms with van der Waals surface area (Å²) in [5.41, 5.74) is 3.84. The Morgan fingerprint density at radius 2 is 1.59 bits per heavy atom. The number of anilines is 1. The molecule has 3 aliphatic heterocycles. The number of hydrogen-bond donors (Lipinski definition) is 0. The Morgan fingerprint density at radius 3 is 2.15 bits per heavy atom. The fourth-order valence-corrected chi connectivity index (χ4v) is 7.64. The average Bonchev–Trinajstić information content (AvgIpc) is 3.20. The van der Waals surface area contributed by atoms with Crippen molar-refractivity contribution in [2.24, 2.45) is 10.8 Å². The highest BCUT2D eigenvalue weighted by atomic mass is 32.2. The van der Waals surface area contributed by atoms with Crippen molar-refractivity contribution in [1.29, 1.82) is 0 Å². The van der Waals surface area contributed by atoms with Crippen molar-refractivity contribution in [2.45, 2.75) is 53.5 Å². The third-order valence-electron chi connectivity index (χ3n) is 8.29. The highest BCUT2D eigenvalue weighted by Crippen LogP contribution is 2.53. The molecule has 0 N–H and O–H groups in total. The highest BCUT2D eigenvalue weighted by molar-refractivity contribution is 7.88. The Labute approximate surface area is 232 Å². The number of aryl methyl sites for hydroxylation is 3. The summed E-state index contributed by atoms with van der Waals surface area (Å²) in [4.78, 5) is 18.1.